The van der Waals surface area contributed by atoms with E-state index in [0.29, 0.717) is 13.0 Å². The topological polar surface area (TPSA) is 32.3 Å². The monoisotopic (exact) mass is 556 g/mol. The van der Waals surface area contributed by atoms with E-state index in [9.17, 15) is 4.79 Å². The molecule has 0 spiro atoms. The normalized spacial score (nSPS) is 15.8. The zero-order valence-corrected chi connectivity index (χ0v) is 25.8. The largest absolute Gasteiger partial charge is 0.384 e. The van der Waals surface area contributed by atoms with Gasteiger partial charge in [0.2, 0.25) is 0 Å². The fourth-order valence-corrected chi connectivity index (χ4v) is 6.67. The van der Waals surface area contributed by atoms with Gasteiger partial charge >= 0.3 is 0 Å². The Bertz CT molecular complexity index is 1670. The van der Waals surface area contributed by atoms with Crippen molar-refractivity contribution in [3.63, 3.8) is 0 Å². The summed E-state index contributed by atoms with van der Waals surface area (Å²) in [5, 5.41) is 8.67. The Kier molecular flexibility index (Phi) is 8.68. The van der Waals surface area contributed by atoms with Gasteiger partial charge in [-0.15, -0.1) is 0 Å². The first-order valence-corrected chi connectivity index (χ1v) is 15.3. The molecule has 1 heterocycles. The van der Waals surface area contributed by atoms with Gasteiger partial charge in [-0.3, -0.25) is 0 Å². The smallest absolute Gasteiger partial charge is 0.121 e. The first kappa shape index (κ1) is 29.4. The van der Waals surface area contributed by atoms with Gasteiger partial charge in [-0.1, -0.05) is 120 Å². The number of hydrogen-bond acceptors (Lipinski definition) is 3. The summed E-state index contributed by atoms with van der Waals surface area (Å²) in [6.45, 7) is 13.2. The summed E-state index contributed by atoms with van der Waals surface area (Å²) in [6, 6.07) is 26.2. The van der Waals surface area contributed by atoms with Gasteiger partial charge < -0.3 is 15.0 Å². The van der Waals surface area contributed by atoms with Crippen molar-refractivity contribution in [3.8, 4) is 0 Å². The summed E-state index contributed by atoms with van der Waals surface area (Å²) in [5.74, 6) is 0. The number of carbonyl (C=O) groups is 1. The Hall–Kier alpha value is -4.11. The fourth-order valence-electron chi connectivity index (χ4n) is 6.67. The van der Waals surface area contributed by atoms with Gasteiger partial charge in [-0.25, -0.2) is 0 Å². The Balaban J connectivity index is 1.38. The molecule has 0 saturated carbocycles. The molecule has 0 radical (unpaired) electrons. The van der Waals surface area contributed by atoms with E-state index >= 15 is 0 Å². The molecule has 0 amide bonds. The van der Waals surface area contributed by atoms with Crippen molar-refractivity contribution < 1.29 is 4.79 Å². The van der Waals surface area contributed by atoms with Crippen molar-refractivity contribution in [2.24, 2.45) is 0 Å². The van der Waals surface area contributed by atoms with E-state index < -0.39 is 0 Å². The average Bonchev–Trinajstić information content (AvgIpc) is 3.20. The summed E-state index contributed by atoms with van der Waals surface area (Å²) in [6.07, 6.45) is 14.6. The maximum absolute atomic E-state index is 10.9. The van der Waals surface area contributed by atoms with Crippen LogP contribution in [0.3, 0.4) is 0 Å². The van der Waals surface area contributed by atoms with E-state index in [2.05, 4.69) is 148 Å². The molecule has 4 aromatic rings. The maximum atomic E-state index is 10.9. The van der Waals surface area contributed by atoms with Crippen LogP contribution in [0, 0.1) is 0 Å². The first-order valence-electron chi connectivity index (χ1n) is 15.3. The highest BCUT2D eigenvalue weighted by molar-refractivity contribution is 5.95. The van der Waals surface area contributed by atoms with Gasteiger partial charge in [0.1, 0.15) is 6.29 Å². The number of rotatable bonds is 11. The highest BCUT2D eigenvalue weighted by atomic mass is 16.1. The SMILES string of the molecule is CCCN1/C(=C/C=C/C=C/CC(C)(C)c2c(NCCC=O)ccc3ccccc23)C(C)(C)c2c1ccc1ccccc21. The van der Waals surface area contributed by atoms with Gasteiger partial charge in [0, 0.05) is 42.0 Å². The van der Waals surface area contributed by atoms with Crippen LogP contribution < -0.4 is 10.2 Å². The third kappa shape index (κ3) is 5.66. The third-order valence-electron chi connectivity index (χ3n) is 8.63. The van der Waals surface area contributed by atoms with Gasteiger partial charge in [-0.2, -0.15) is 0 Å². The number of anilines is 2. The highest BCUT2D eigenvalue weighted by Gasteiger charge is 2.40. The standard InChI is InChI=1S/C39H44N2O/c1-6-27-41-34-24-22-30-17-11-13-19-32(30)37(34)39(4,5)35(41)20-9-7-8-14-25-38(2,3)36-31-18-12-10-16-29(31)21-23-33(36)40-26-15-28-42/h7-14,16-24,28,40H,6,15,25-27H2,1-5H3/b9-7+,14-8+,35-20+. The third-order valence-corrected chi connectivity index (χ3v) is 8.63. The molecule has 1 N–H and O–H groups in total. The average molecular weight is 557 g/mol. The Labute approximate surface area is 251 Å². The van der Waals surface area contributed by atoms with Crippen LogP contribution in [0.25, 0.3) is 21.5 Å². The molecule has 0 fully saturated rings. The van der Waals surface area contributed by atoms with Crippen molar-refractivity contribution in [2.75, 3.05) is 23.3 Å². The van der Waals surface area contributed by atoms with Crippen LogP contribution in [0.2, 0.25) is 0 Å². The second kappa shape index (κ2) is 12.4. The molecule has 0 bridgehead atoms. The molecule has 1 aliphatic heterocycles. The molecule has 0 atom stereocenters. The summed E-state index contributed by atoms with van der Waals surface area (Å²) >= 11 is 0. The molecule has 42 heavy (non-hydrogen) atoms. The van der Waals surface area contributed by atoms with E-state index in [1.54, 1.807) is 0 Å². The van der Waals surface area contributed by atoms with E-state index in [1.807, 2.05) is 0 Å². The Morgan fingerprint density at radius 3 is 2.29 bits per heavy atom. The molecular weight excluding hydrogens is 512 g/mol. The van der Waals surface area contributed by atoms with Crippen molar-refractivity contribution in [2.45, 2.75) is 64.7 Å². The minimum atomic E-state index is -0.0960. The molecule has 1 aliphatic rings. The predicted molar refractivity (Wildman–Crippen MR) is 182 cm³/mol. The van der Waals surface area contributed by atoms with Crippen molar-refractivity contribution >= 4 is 39.2 Å². The van der Waals surface area contributed by atoms with Gasteiger partial charge in [0.05, 0.1) is 0 Å². The minimum absolute atomic E-state index is 0.0803. The molecule has 4 aromatic carbocycles. The van der Waals surface area contributed by atoms with Crippen LogP contribution in [0.5, 0.6) is 0 Å². The quantitative estimate of drug-likeness (QED) is 0.113. The fraction of sp³-hybridized carbons (Fsp3) is 0.308. The number of fused-ring (bicyclic) bond motifs is 4. The van der Waals surface area contributed by atoms with E-state index in [4.69, 9.17) is 0 Å². The number of aldehydes is 1. The lowest BCUT2D eigenvalue weighted by Gasteiger charge is -2.29. The number of benzene rings is 4. The molecule has 0 saturated heterocycles. The molecule has 0 aliphatic carbocycles. The summed E-state index contributed by atoms with van der Waals surface area (Å²) in [5.41, 5.74) is 6.35. The number of nitrogens with zero attached hydrogens (tertiary/aromatic N) is 1. The second-order valence-corrected chi connectivity index (χ2v) is 12.5. The summed E-state index contributed by atoms with van der Waals surface area (Å²) in [7, 11) is 0. The number of carbonyl (C=O) groups excluding carboxylic acids is 1. The molecular formula is C39H44N2O. The number of nitrogens with one attached hydrogen (secondary N) is 1. The van der Waals surface area contributed by atoms with Crippen LogP contribution in [0.1, 0.15) is 65.0 Å². The van der Waals surface area contributed by atoms with Gasteiger partial charge in [0.25, 0.3) is 0 Å². The second-order valence-electron chi connectivity index (χ2n) is 12.5. The van der Waals surface area contributed by atoms with E-state index in [0.717, 1.165) is 31.4 Å². The number of hydrogen-bond donors (Lipinski definition) is 1. The lowest BCUT2D eigenvalue weighted by molar-refractivity contribution is -0.107. The molecule has 3 heteroatoms. The minimum Gasteiger partial charge on any atom is -0.384 e. The van der Waals surface area contributed by atoms with Crippen LogP contribution in [0.15, 0.2) is 109 Å². The van der Waals surface area contributed by atoms with E-state index in [-0.39, 0.29) is 10.8 Å². The lowest BCUT2D eigenvalue weighted by atomic mass is 9.78. The van der Waals surface area contributed by atoms with Gasteiger partial charge in [-0.05, 0) is 69.1 Å². The molecule has 0 unspecified atom stereocenters. The first-order chi connectivity index (χ1) is 20.3. The lowest BCUT2D eigenvalue weighted by Crippen LogP contribution is -2.26. The van der Waals surface area contributed by atoms with E-state index in [1.165, 1.54) is 44.1 Å². The van der Waals surface area contributed by atoms with Crippen molar-refractivity contribution in [1.29, 1.82) is 0 Å². The Morgan fingerprint density at radius 1 is 0.857 bits per heavy atom. The Morgan fingerprint density at radius 2 is 1.55 bits per heavy atom. The maximum Gasteiger partial charge on any atom is 0.121 e. The predicted octanol–water partition coefficient (Wildman–Crippen LogP) is 9.87. The van der Waals surface area contributed by atoms with Crippen LogP contribution in [-0.4, -0.2) is 19.4 Å². The van der Waals surface area contributed by atoms with Crippen LogP contribution >= 0.6 is 0 Å². The van der Waals surface area contributed by atoms with Crippen molar-refractivity contribution in [1.82, 2.24) is 0 Å². The zero-order valence-electron chi connectivity index (χ0n) is 25.8. The van der Waals surface area contributed by atoms with Gasteiger partial charge in [0.15, 0.2) is 0 Å². The summed E-state index contributed by atoms with van der Waals surface area (Å²) in [4.78, 5) is 13.4. The van der Waals surface area contributed by atoms with Crippen LogP contribution in [-0.2, 0) is 15.6 Å². The molecule has 5 rings (SSSR count). The molecule has 216 valence electrons. The summed E-state index contributed by atoms with van der Waals surface area (Å²) < 4.78 is 0. The molecule has 3 nitrogen and oxygen atoms in total. The van der Waals surface area contributed by atoms with Crippen molar-refractivity contribution in [3.05, 3.63) is 120 Å². The molecule has 0 aromatic heterocycles. The number of allylic oxidation sites excluding steroid dienone is 6. The highest BCUT2D eigenvalue weighted by Crippen LogP contribution is 2.50. The van der Waals surface area contributed by atoms with Crippen LogP contribution in [0.4, 0.5) is 11.4 Å². The zero-order chi connectivity index (χ0) is 29.7.